The summed E-state index contributed by atoms with van der Waals surface area (Å²) >= 11 is 0. The average molecular weight is 325 g/mol. The standard InChI is InChI=1S/C18H19N3O3/c1-9-10(2)17(23)11(3)18-16(9)21-13-5-4-12(8-14(13)24-18)20-15(22)6-7-19/h4-5,8H,6-7,19H2,1-3H3,(H,20,22). The largest absolute Gasteiger partial charge is 0.452 e. The molecule has 0 saturated heterocycles. The number of aromatic nitrogens is 1. The second-order valence-corrected chi connectivity index (χ2v) is 5.87. The van der Waals surface area contributed by atoms with E-state index in [0.29, 0.717) is 45.9 Å². The lowest BCUT2D eigenvalue weighted by molar-refractivity contribution is -0.116. The van der Waals surface area contributed by atoms with E-state index in [4.69, 9.17) is 10.2 Å². The zero-order valence-corrected chi connectivity index (χ0v) is 13.9. The molecule has 0 atom stereocenters. The highest BCUT2D eigenvalue weighted by molar-refractivity contribution is 5.93. The topological polar surface area (TPSA) is 98.2 Å². The molecule has 3 N–H and O–H groups in total. The van der Waals surface area contributed by atoms with Crippen LogP contribution >= 0.6 is 0 Å². The maximum Gasteiger partial charge on any atom is 0.225 e. The van der Waals surface area contributed by atoms with Crippen molar-refractivity contribution in [1.29, 1.82) is 0 Å². The zero-order valence-electron chi connectivity index (χ0n) is 13.9. The monoisotopic (exact) mass is 325 g/mol. The van der Waals surface area contributed by atoms with Crippen molar-refractivity contribution in [3.05, 3.63) is 45.1 Å². The number of carbonyl (C=O) groups excluding carboxylic acids is 1. The lowest BCUT2D eigenvalue weighted by Gasteiger charge is -2.14. The third-order valence-electron chi connectivity index (χ3n) is 4.21. The Kier molecular flexibility index (Phi) is 4.07. The number of amides is 1. The van der Waals surface area contributed by atoms with E-state index in [9.17, 15) is 9.59 Å². The van der Waals surface area contributed by atoms with Crippen molar-refractivity contribution in [3.8, 4) is 11.5 Å². The van der Waals surface area contributed by atoms with E-state index in [-0.39, 0.29) is 17.8 Å². The van der Waals surface area contributed by atoms with E-state index in [1.165, 1.54) is 0 Å². The number of nitrogens with two attached hydrogens (primary N) is 1. The molecule has 2 aliphatic rings. The maximum atomic E-state index is 12.3. The molecule has 1 amide bonds. The molecule has 24 heavy (non-hydrogen) atoms. The van der Waals surface area contributed by atoms with E-state index in [2.05, 4.69) is 10.3 Å². The van der Waals surface area contributed by atoms with Crippen LogP contribution in [0.25, 0.3) is 22.6 Å². The molecular formula is C18H19N3O3. The highest BCUT2D eigenvalue weighted by atomic mass is 16.3. The molecule has 3 rings (SSSR count). The lowest BCUT2D eigenvalue weighted by atomic mass is 9.99. The summed E-state index contributed by atoms with van der Waals surface area (Å²) < 4.78 is 5.94. The van der Waals surface area contributed by atoms with E-state index in [1.54, 1.807) is 32.0 Å². The van der Waals surface area contributed by atoms with Crippen molar-refractivity contribution in [3.63, 3.8) is 0 Å². The van der Waals surface area contributed by atoms with Crippen molar-refractivity contribution in [2.24, 2.45) is 5.73 Å². The van der Waals surface area contributed by atoms with Crippen LogP contribution in [-0.2, 0) is 4.79 Å². The number of hydrogen-bond acceptors (Lipinski definition) is 5. The van der Waals surface area contributed by atoms with Gasteiger partial charge in [-0.05, 0) is 38.5 Å². The van der Waals surface area contributed by atoms with Crippen LogP contribution < -0.4 is 16.5 Å². The van der Waals surface area contributed by atoms with Gasteiger partial charge in [-0.1, -0.05) is 0 Å². The van der Waals surface area contributed by atoms with Crippen molar-refractivity contribution >= 4 is 22.7 Å². The predicted molar refractivity (Wildman–Crippen MR) is 93.4 cm³/mol. The molecule has 1 aliphatic heterocycles. The first kappa shape index (κ1) is 16.1. The van der Waals surface area contributed by atoms with Crippen molar-refractivity contribution in [1.82, 2.24) is 4.98 Å². The molecule has 1 aromatic rings. The average Bonchev–Trinajstić information content (AvgIpc) is 2.57. The Morgan fingerprint density at radius 3 is 2.67 bits per heavy atom. The lowest BCUT2D eigenvalue weighted by Crippen LogP contribution is -2.16. The van der Waals surface area contributed by atoms with Gasteiger partial charge in [0.25, 0.3) is 0 Å². The fraction of sp³-hybridized carbons (Fsp3) is 0.278. The quantitative estimate of drug-likeness (QED) is 0.721. The fourth-order valence-corrected chi connectivity index (χ4v) is 2.69. The molecule has 1 aliphatic carbocycles. The van der Waals surface area contributed by atoms with Gasteiger partial charge in [0, 0.05) is 35.8 Å². The number of hydrogen-bond donors (Lipinski definition) is 2. The van der Waals surface area contributed by atoms with Crippen molar-refractivity contribution in [2.45, 2.75) is 27.2 Å². The first-order valence-electron chi connectivity index (χ1n) is 7.76. The second-order valence-electron chi connectivity index (χ2n) is 5.87. The van der Waals surface area contributed by atoms with Crippen LogP contribution in [0.15, 0.2) is 27.4 Å². The number of anilines is 1. The molecule has 0 spiro atoms. The zero-order chi connectivity index (χ0) is 17.4. The van der Waals surface area contributed by atoms with E-state index >= 15 is 0 Å². The summed E-state index contributed by atoms with van der Waals surface area (Å²) in [7, 11) is 0. The van der Waals surface area contributed by atoms with Crippen LogP contribution in [-0.4, -0.2) is 17.4 Å². The third-order valence-corrected chi connectivity index (χ3v) is 4.21. The molecule has 0 radical (unpaired) electrons. The molecule has 6 heteroatoms. The van der Waals surface area contributed by atoms with E-state index in [0.717, 1.165) is 5.56 Å². The molecule has 1 aromatic carbocycles. The second kappa shape index (κ2) is 6.05. The Balaban J connectivity index is 2.18. The fourth-order valence-electron chi connectivity index (χ4n) is 2.69. The smallest absolute Gasteiger partial charge is 0.225 e. The minimum atomic E-state index is -0.157. The Morgan fingerprint density at radius 1 is 1.21 bits per heavy atom. The van der Waals surface area contributed by atoms with Gasteiger partial charge >= 0.3 is 0 Å². The highest BCUT2D eigenvalue weighted by Gasteiger charge is 2.20. The van der Waals surface area contributed by atoms with Crippen molar-refractivity contribution in [2.75, 3.05) is 11.9 Å². The van der Waals surface area contributed by atoms with E-state index in [1.807, 2.05) is 6.92 Å². The molecule has 1 heterocycles. The number of nitrogens with one attached hydrogen (secondary N) is 1. The minimum Gasteiger partial charge on any atom is -0.452 e. The minimum absolute atomic E-state index is 0.0303. The van der Waals surface area contributed by atoms with Gasteiger partial charge < -0.3 is 15.5 Å². The van der Waals surface area contributed by atoms with Gasteiger partial charge in [-0.3, -0.25) is 9.59 Å². The van der Waals surface area contributed by atoms with Crippen LogP contribution in [0.5, 0.6) is 0 Å². The predicted octanol–water partition coefficient (Wildman–Crippen LogP) is 2.51. The third kappa shape index (κ3) is 2.65. The molecule has 0 unspecified atom stereocenters. The number of benzene rings is 2. The van der Waals surface area contributed by atoms with Gasteiger partial charge in [0.1, 0.15) is 11.2 Å². The normalized spacial score (nSPS) is 11.2. The Morgan fingerprint density at radius 2 is 1.96 bits per heavy atom. The summed E-state index contributed by atoms with van der Waals surface area (Å²) in [6.45, 7) is 5.70. The molecule has 124 valence electrons. The molecule has 0 aromatic heterocycles. The number of rotatable bonds is 3. The number of fused-ring (bicyclic) bond motifs is 2. The molecule has 0 saturated carbocycles. The number of nitrogens with zero attached hydrogens (tertiary/aromatic N) is 1. The molecule has 6 nitrogen and oxygen atoms in total. The first-order valence-corrected chi connectivity index (χ1v) is 7.76. The Hall–Kier alpha value is -2.73. The van der Waals surface area contributed by atoms with Crippen LogP contribution in [0.3, 0.4) is 0 Å². The van der Waals surface area contributed by atoms with Gasteiger partial charge in [-0.2, -0.15) is 0 Å². The SMILES string of the molecule is Cc1c2nc3ccc(NC(=O)CCN)cc3oc-2c(C)c(=O)c1C. The van der Waals surface area contributed by atoms with Crippen LogP contribution in [0.2, 0.25) is 0 Å². The number of carbonyl (C=O) groups is 1. The van der Waals surface area contributed by atoms with Gasteiger partial charge in [0.2, 0.25) is 5.91 Å². The van der Waals surface area contributed by atoms with Gasteiger partial charge in [-0.15, -0.1) is 0 Å². The summed E-state index contributed by atoms with van der Waals surface area (Å²) in [6, 6.07) is 5.25. The van der Waals surface area contributed by atoms with Gasteiger partial charge in [0.15, 0.2) is 16.8 Å². The Labute approximate surface area is 139 Å². The summed E-state index contributed by atoms with van der Waals surface area (Å²) in [4.78, 5) is 28.6. The van der Waals surface area contributed by atoms with Gasteiger partial charge in [-0.25, -0.2) is 4.98 Å². The highest BCUT2D eigenvalue weighted by Crippen LogP contribution is 2.31. The Bertz CT molecular complexity index is 975. The summed E-state index contributed by atoms with van der Waals surface area (Å²) in [5, 5.41) is 2.76. The molecule has 0 fully saturated rings. The van der Waals surface area contributed by atoms with Crippen LogP contribution in [0.1, 0.15) is 23.1 Å². The molecular weight excluding hydrogens is 306 g/mol. The van der Waals surface area contributed by atoms with Crippen molar-refractivity contribution < 1.29 is 9.21 Å². The van der Waals surface area contributed by atoms with Crippen LogP contribution in [0, 0.1) is 20.8 Å². The van der Waals surface area contributed by atoms with Crippen LogP contribution in [0.4, 0.5) is 5.69 Å². The maximum absolute atomic E-state index is 12.3. The summed E-state index contributed by atoms with van der Waals surface area (Å²) in [5.41, 5.74) is 9.88. The summed E-state index contributed by atoms with van der Waals surface area (Å²) in [5.74, 6) is 0.330. The molecule has 0 bridgehead atoms. The summed E-state index contributed by atoms with van der Waals surface area (Å²) in [6.07, 6.45) is 0.252. The van der Waals surface area contributed by atoms with Gasteiger partial charge in [0.05, 0.1) is 0 Å². The first-order chi connectivity index (χ1) is 11.4. The van der Waals surface area contributed by atoms with E-state index < -0.39 is 0 Å².